The smallest absolute Gasteiger partial charge is 0.270 e. The number of nitrogens with one attached hydrogen (secondary N) is 4. The Bertz CT molecular complexity index is 1410. The van der Waals surface area contributed by atoms with E-state index >= 15 is 0 Å². The Morgan fingerprint density at radius 2 is 1.91 bits per heavy atom. The number of non-ortho nitro benzene ring substituents is 1. The van der Waals surface area contributed by atoms with Crippen LogP contribution in [0.1, 0.15) is 11.1 Å². The summed E-state index contributed by atoms with van der Waals surface area (Å²) < 4.78 is 0. The third kappa shape index (κ3) is 4.08. The third-order valence-electron chi connectivity index (χ3n) is 5.39. The lowest BCUT2D eigenvalue weighted by molar-refractivity contribution is -0.384. The maximum atomic E-state index is 11.1. The highest BCUT2D eigenvalue weighted by Crippen LogP contribution is 2.24. The molecule has 0 radical (unpaired) electrons. The molecule has 0 aliphatic rings. The first kappa shape index (κ1) is 19.6. The monoisotopic (exact) mass is 427 g/mol. The van der Waals surface area contributed by atoms with Gasteiger partial charge in [-0.1, -0.05) is 6.07 Å². The number of anilines is 2. The number of nitro groups is 1. The molecule has 3 aromatic heterocycles. The van der Waals surface area contributed by atoms with E-state index in [1.807, 2.05) is 18.5 Å². The Hall–Kier alpha value is -4.40. The lowest BCUT2D eigenvalue weighted by atomic mass is 10.1. The fraction of sp³-hybridized carbons (Fsp3) is 0.130. The summed E-state index contributed by atoms with van der Waals surface area (Å²) in [7, 11) is 0. The molecule has 4 N–H and O–H groups in total. The first-order valence-corrected chi connectivity index (χ1v) is 10.3. The van der Waals surface area contributed by atoms with Crippen molar-refractivity contribution in [2.45, 2.75) is 13.0 Å². The van der Waals surface area contributed by atoms with E-state index in [-0.39, 0.29) is 10.6 Å². The van der Waals surface area contributed by atoms with E-state index in [9.17, 15) is 10.1 Å². The molecule has 0 unspecified atom stereocenters. The number of H-pyrrole nitrogens is 2. The molecule has 0 aliphatic carbocycles. The quantitative estimate of drug-likeness (QED) is 0.212. The summed E-state index contributed by atoms with van der Waals surface area (Å²) in [5.74, 6) is 1.27. The highest BCUT2D eigenvalue weighted by atomic mass is 16.6. The van der Waals surface area contributed by atoms with Gasteiger partial charge in [0.2, 0.25) is 5.95 Å². The summed E-state index contributed by atoms with van der Waals surface area (Å²) in [4.78, 5) is 25.8. The topological polar surface area (TPSA) is 125 Å². The van der Waals surface area contributed by atoms with Crippen molar-refractivity contribution in [2.75, 3.05) is 17.2 Å². The van der Waals surface area contributed by atoms with E-state index in [1.165, 1.54) is 17.0 Å². The van der Waals surface area contributed by atoms with Gasteiger partial charge < -0.3 is 20.6 Å². The minimum Gasteiger partial charge on any atom is -0.366 e. The lowest BCUT2D eigenvalue weighted by Gasteiger charge is -2.09. The van der Waals surface area contributed by atoms with Crippen LogP contribution in [0.2, 0.25) is 0 Å². The number of nitro benzene ring substituents is 1. The van der Waals surface area contributed by atoms with Crippen molar-refractivity contribution in [3.8, 4) is 0 Å². The zero-order valence-corrected chi connectivity index (χ0v) is 17.1. The normalized spacial score (nSPS) is 11.1. The Balaban J connectivity index is 1.20. The molecule has 0 fully saturated rings. The fourth-order valence-corrected chi connectivity index (χ4v) is 3.74. The van der Waals surface area contributed by atoms with Crippen LogP contribution in [0.15, 0.2) is 67.1 Å². The molecule has 9 heteroatoms. The van der Waals surface area contributed by atoms with Crippen molar-refractivity contribution in [3.63, 3.8) is 0 Å². The standard InChI is InChI=1S/C23H21N7O2/c31-30(32)18-2-4-21-19(12-18)17(14-27-21)6-9-25-23-26-10-7-22(29-23)28-13-15-1-3-20-16(11-15)5-8-24-20/h1-5,7-8,10-12,14,24,27H,6,9,13H2,(H2,25,26,28,29). The summed E-state index contributed by atoms with van der Waals surface area (Å²) in [5.41, 5.74) is 4.26. The molecule has 5 aromatic rings. The fourth-order valence-electron chi connectivity index (χ4n) is 3.74. The lowest BCUT2D eigenvalue weighted by Crippen LogP contribution is -2.09. The highest BCUT2D eigenvalue weighted by Gasteiger charge is 2.10. The number of hydrogen-bond donors (Lipinski definition) is 4. The second-order valence-corrected chi connectivity index (χ2v) is 7.50. The van der Waals surface area contributed by atoms with E-state index < -0.39 is 0 Å². The molecule has 5 rings (SSSR count). The van der Waals surface area contributed by atoms with Crippen molar-refractivity contribution in [1.29, 1.82) is 0 Å². The van der Waals surface area contributed by atoms with Crippen molar-refractivity contribution < 1.29 is 4.92 Å². The molecule has 0 bridgehead atoms. The van der Waals surface area contributed by atoms with Gasteiger partial charge in [0, 0.05) is 60.2 Å². The average molecular weight is 427 g/mol. The third-order valence-corrected chi connectivity index (χ3v) is 5.39. The van der Waals surface area contributed by atoms with Crippen LogP contribution in [0, 0.1) is 10.1 Å². The number of aromatic nitrogens is 4. The van der Waals surface area contributed by atoms with Crippen LogP contribution in [0.4, 0.5) is 17.5 Å². The summed E-state index contributed by atoms with van der Waals surface area (Å²) in [6.07, 6.45) is 6.21. The molecule has 0 saturated carbocycles. The molecule has 0 spiro atoms. The van der Waals surface area contributed by atoms with Gasteiger partial charge in [-0.25, -0.2) is 4.98 Å². The van der Waals surface area contributed by atoms with Gasteiger partial charge in [0.25, 0.3) is 5.69 Å². The Kier molecular flexibility index (Phi) is 5.12. The second kappa shape index (κ2) is 8.38. The number of fused-ring (bicyclic) bond motifs is 2. The van der Waals surface area contributed by atoms with Gasteiger partial charge in [-0.05, 0) is 53.3 Å². The minimum absolute atomic E-state index is 0.0871. The average Bonchev–Trinajstić information content (AvgIpc) is 3.44. The van der Waals surface area contributed by atoms with E-state index in [4.69, 9.17) is 0 Å². The zero-order valence-electron chi connectivity index (χ0n) is 17.1. The number of benzene rings is 2. The molecule has 0 saturated heterocycles. The van der Waals surface area contributed by atoms with E-state index in [0.717, 1.165) is 27.8 Å². The van der Waals surface area contributed by atoms with Crippen LogP contribution in [0.5, 0.6) is 0 Å². The van der Waals surface area contributed by atoms with Gasteiger partial charge in [-0.2, -0.15) is 4.98 Å². The van der Waals surface area contributed by atoms with Crippen molar-refractivity contribution >= 4 is 39.3 Å². The number of aromatic amines is 2. The van der Waals surface area contributed by atoms with Gasteiger partial charge in [-0.3, -0.25) is 10.1 Å². The molecule has 0 atom stereocenters. The molecule has 0 amide bonds. The summed E-state index contributed by atoms with van der Waals surface area (Å²) in [5, 5.41) is 19.7. The van der Waals surface area contributed by atoms with Crippen LogP contribution in [0.3, 0.4) is 0 Å². The van der Waals surface area contributed by atoms with Gasteiger partial charge in [0.1, 0.15) is 5.82 Å². The van der Waals surface area contributed by atoms with Crippen LogP contribution >= 0.6 is 0 Å². The summed E-state index contributed by atoms with van der Waals surface area (Å²) in [6, 6.07) is 15.0. The predicted molar refractivity (Wildman–Crippen MR) is 125 cm³/mol. The van der Waals surface area contributed by atoms with Gasteiger partial charge in [-0.15, -0.1) is 0 Å². The molecule has 3 heterocycles. The SMILES string of the molecule is O=[N+]([O-])c1ccc2[nH]cc(CCNc3nccc(NCc4ccc5[nH]ccc5c4)n3)c2c1. The van der Waals surface area contributed by atoms with Crippen LogP contribution < -0.4 is 10.6 Å². The maximum Gasteiger partial charge on any atom is 0.270 e. The Labute approximate surface area is 183 Å². The first-order valence-electron chi connectivity index (χ1n) is 10.3. The number of rotatable bonds is 8. The van der Waals surface area contributed by atoms with Crippen molar-refractivity contribution in [3.05, 3.63) is 88.4 Å². The molecule has 9 nitrogen and oxygen atoms in total. The number of nitrogens with zero attached hydrogens (tertiary/aromatic N) is 3. The first-order chi connectivity index (χ1) is 15.7. The maximum absolute atomic E-state index is 11.1. The molecular formula is C23H21N7O2. The molecule has 2 aromatic carbocycles. The largest absolute Gasteiger partial charge is 0.366 e. The van der Waals surface area contributed by atoms with Gasteiger partial charge >= 0.3 is 0 Å². The van der Waals surface area contributed by atoms with E-state index in [2.05, 4.69) is 54.8 Å². The van der Waals surface area contributed by atoms with E-state index in [0.29, 0.717) is 25.5 Å². The van der Waals surface area contributed by atoms with Crippen LogP contribution in [0.25, 0.3) is 21.8 Å². The molecule has 160 valence electrons. The van der Waals surface area contributed by atoms with Gasteiger partial charge in [0.05, 0.1) is 4.92 Å². The summed E-state index contributed by atoms with van der Waals surface area (Å²) in [6.45, 7) is 1.26. The molecule has 32 heavy (non-hydrogen) atoms. The molecular weight excluding hydrogens is 406 g/mol. The van der Waals surface area contributed by atoms with Crippen molar-refractivity contribution in [1.82, 2.24) is 19.9 Å². The van der Waals surface area contributed by atoms with Gasteiger partial charge in [0.15, 0.2) is 0 Å². The minimum atomic E-state index is -0.378. The molecule has 0 aliphatic heterocycles. The van der Waals surface area contributed by atoms with Crippen LogP contribution in [-0.4, -0.2) is 31.4 Å². The predicted octanol–water partition coefficient (Wildman–Crippen LogP) is 4.61. The summed E-state index contributed by atoms with van der Waals surface area (Å²) >= 11 is 0. The Morgan fingerprint density at radius 1 is 1.00 bits per heavy atom. The number of hydrogen-bond acceptors (Lipinski definition) is 6. The second-order valence-electron chi connectivity index (χ2n) is 7.50. The highest BCUT2D eigenvalue weighted by molar-refractivity contribution is 5.85. The van der Waals surface area contributed by atoms with Crippen molar-refractivity contribution in [2.24, 2.45) is 0 Å². The van der Waals surface area contributed by atoms with Crippen LogP contribution in [-0.2, 0) is 13.0 Å². The zero-order chi connectivity index (χ0) is 21.9. The van der Waals surface area contributed by atoms with E-state index in [1.54, 1.807) is 18.3 Å². The Morgan fingerprint density at radius 3 is 2.81 bits per heavy atom.